The molecule has 1 atom stereocenters. The van der Waals surface area contributed by atoms with Crippen molar-refractivity contribution in [3.05, 3.63) is 54.3 Å². The molecule has 2 aromatic heterocycles. The van der Waals surface area contributed by atoms with Gasteiger partial charge in [0, 0.05) is 18.5 Å². The summed E-state index contributed by atoms with van der Waals surface area (Å²) in [4.78, 5) is 28.2. The number of benzene rings is 1. The third kappa shape index (κ3) is 5.44. The van der Waals surface area contributed by atoms with Crippen molar-refractivity contribution in [1.82, 2.24) is 20.8 Å². The normalized spacial score (nSPS) is 11.7. The fourth-order valence-electron chi connectivity index (χ4n) is 2.61. The SMILES string of the molecule is COc1cccc(-c2noc(C(C)NC(=O)CCCNC(=O)c3ccco3)n2)c1. The van der Waals surface area contributed by atoms with Crippen LogP contribution in [0.25, 0.3) is 11.4 Å². The van der Waals surface area contributed by atoms with E-state index < -0.39 is 6.04 Å². The molecule has 2 amide bonds. The number of carbonyl (C=O) groups is 2. The van der Waals surface area contributed by atoms with Crippen LogP contribution >= 0.6 is 0 Å². The average Bonchev–Trinajstić information content (AvgIpc) is 3.43. The molecule has 0 fully saturated rings. The molecule has 9 heteroatoms. The highest BCUT2D eigenvalue weighted by Gasteiger charge is 2.17. The number of nitrogens with one attached hydrogen (secondary N) is 2. The Morgan fingerprint density at radius 3 is 2.86 bits per heavy atom. The summed E-state index contributed by atoms with van der Waals surface area (Å²) in [5.74, 6) is 1.18. The van der Waals surface area contributed by atoms with E-state index in [0.29, 0.717) is 30.4 Å². The maximum absolute atomic E-state index is 12.1. The van der Waals surface area contributed by atoms with Gasteiger partial charge >= 0.3 is 0 Å². The highest BCUT2D eigenvalue weighted by Crippen LogP contribution is 2.22. The molecule has 3 rings (SSSR count). The van der Waals surface area contributed by atoms with Crippen molar-refractivity contribution in [2.24, 2.45) is 0 Å². The first kappa shape index (κ1) is 20.1. The lowest BCUT2D eigenvalue weighted by atomic mass is 10.2. The Morgan fingerprint density at radius 2 is 2.10 bits per heavy atom. The molecule has 2 heterocycles. The van der Waals surface area contributed by atoms with Crippen molar-refractivity contribution in [3.8, 4) is 17.1 Å². The Morgan fingerprint density at radius 1 is 1.24 bits per heavy atom. The maximum atomic E-state index is 12.1. The van der Waals surface area contributed by atoms with Crippen molar-refractivity contribution in [2.75, 3.05) is 13.7 Å². The Hall–Kier alpha value is -3.62. The second-order valence-corrected chi connectivity index (χ2v) is 6.31. The lowest BCUT2D eigenvalue weighted by molar-refractivity contribution is -0.122. The van der Waals surface area contributed by atoms with Crippen LogP contribution < -0.4 is 15.4 Å². The zero-order chi connectivity index (χ0) is 20.6. The van der Waals surface area contributed by atoms with Gasteiger partial charge in [-0.25, -0.2) is 0 Å². The zero-order valence-corrected chi connectivity index (χ0v) is 16.2. The fraction of sp³-hybridized carbons (Fsp3) is 0.300. The molecular formula is C20H22N4O5. The largest absolute Gasteiger partial charge is 0.497 e. The molecule has 0 aliphatic carbocycles. The van der Waals surface area contributed by atoms with Gasteiger partial charge in [0.1, 0.15) is 11.8 Å². The zero-order valence-electron chi connectivity index (χ0n) is 16.2. The topological polar surface area (TPSA) is 119 Å². The van der Waals surface area contributed by atoms with Crippen molar-refractivity contribution in [2.45, 2.75) is 25.8 Å². The Labute approximate surface area is 167 Å². The predicted molar refractivity (Wildman–Crippen MR) is 103 cm³/mol. The summed E-state index contributed by atoms with van der Waals surface area (Å²) in [6.07, 6.45) is 2.17. The first-order chi connectivity index (χ1) is 14.1. The van der Waals surface area contributed by atoms with Crippen LogP contribution in [0.15, 0.2) is 51.6 Å². The number of ether oxygens (including phenoxy) is 1. The van der Waals surface area contributed by atoms with E-state index in [0.717, 1.165) is 5.56 Å². The third-order valence-corrected chi connectivity index (χ3v) is 4.13. The molecule has 0 radical (unpaired) electrons. The highest BCUT2D eigenvalue weighted by atomic mass is 16.5. The monoisotopic (exact) mass is 398 g/mol. The second-order valence-electron chi connectivity index (χ2n) is 6.31. The summed E-state index contributed by atoms with van der Waals surface area (Å²) in [5.41, 5.74) is 0.755. The molecule has 1 aromatic carbocycles. The lowest BCUT2D eigenvalue weighted by Gasteiger charge is -2.09. The number of hydrogen-bond acceptors (Lipinski definition) is 7. The van der Waals surface area contributed by atoms with Gasteiger partial charge in [0.05, 0.1) is 13.4 Å². The summed E-state index contributed by atoms with van der Waals surface area (Å²) in [7, 11) is 1.58. The molecular weight excluding hydrogens is 376 g/mol. The fourth-order valence-corrected chi connectivity index (χ4v) is 2.61. The van der Waals surface area contributed by atoms with Gasteiger partial charge in [0.25, 0.3) is 5.91 Å². The van der Waals surface area contributed by atoms with E-state index in [2.05, 4.69) is 20.8 Å². The van der Waals surface area contributed by atoms with Crippen molar-refractivity contribution in [3.63, 3.8) is 0 Å². The summed E-state index contributed by atoms with van der Waals surface area (Å²) in [5, 5.41) is 9.46. The van der Waals surface area contributed by atoms with Crippen LogP contribution in [0.2, 0.25) is 0 Å². The molecule has 2 N–H and O–H groups in total. The van der Waals surface area contributed by atoms with E-state index in [9.17, 15) is 9.59 Å². The van der Waals surface area contributed by atoms with Gasteiger partial charge in [-0.15, -0.1) is 0 Å². The minimum Gasteiger partial charge on any atom is -0.497 e. The first-order valence-electron chi connectivity index (χ1n) is 9.16. The molecule has 0 saturated heterocycles. The second kappa shape index (κ2) is 9.54. The number of rotatable bonds is 9. The molecule has 152 valence electrons. The quantitative estimate of drug-likeness (QED) is 0.532. The van der Waals surface area contributed by atoms with Crippen molar-refractivity contribution >= 4 is 11.8 Å². The lowest BCUT2D eigenvalue weighted by Crippen LogP contribution is -2.29. The summed E-state index contributed by atoms with van der Waals surface area (Å²) in [6.45, 7) is 2.13. The van der Waals surface area contributed by atoms with E-state index in [4.69, 9.17) is 13.7 Å². The van der Waals surface area contributed by atoms with Crippen molar-refractivity contribution < 1.29 is 23.3 Å². The Kier molecular flexibility index (Phi) is 6.62. The number of methoxy groups -OCH3 is 1. The molecule has 0 aliphatic rings. The Bertz CT molecular complexity index is 951. The minimum absolute atomic E-state index is 0.175. The molecule has 29 heavy (non-hydrogen) atoms. The minimum atomic E-state index is -0.438. The maximum Gasteiger partial charge on any atom is 0.286 e. The van der Waals surface area contributed by atoms with Crippen LogP contribution in [0.5, 0.6) is 5.75 Å². The summed E-state index contributed by atoms with van der Waals surface area (Å²) in [6, 6.07) is 10.1. The molecule has 0 aliphatic heterocycles. The summed E-state index contributed by atoms with van der Waals surface area (Å²) >= 11 is 0. The number of carbonyl (C=O) groups excluding carboxylic acids is 2. The standard InChI is InChI=1S/C20H22N4O5/c1-13(20-23-18(24-29-20)14-6-3-7-15(12-14)27-2)22-17(25)9-4-10-21-19(26)16-8-5-11-28-16/h3,5-8,11-13H,4,9-10H2,1-2H3,(H,21,26)(H,22,25). The number of amides is 2. The van der Waals surface area contributed by atoms with Crippen LogP contribution in [0.4, 0.5) is 0 Å². The first-order valence-corrected chi connectivity index (χ1v) is 9.16. The van der Waals surface area contributed by atoms with Gasteiger partial charge in [-0.3, -0.25) is 9.59 Å². The molecule has 9 nitrogen and oxygen atoms in total. The van der Waals surface area contributed by atoms with Gasteiger partial charge < -0.3 is 24.3 Å². The van der Waals surface area contributed by atoms with Gasteiger partial charge in [-0.2, -0.15) is 4.98 Å². The molecule has 1 unspecified atom stereocenters. The Balaban J connectivity index is 1.45. The average molecular weight is 398 g/mol. The van der Waals surface area contributed by atoms with Gasteiger partial charge in [-0.1, -0.05) is 17.3 Å². The molecule has 0 bridgehead atoms. The van der Waals surface area contributed by atoms with Crippen LogP contribution in [0.1, 0.15) is 42.3 Å². The molecule has 3 aromatic rings. The number of furan rings is 1. The molecule has 0 saturated carbocycles. The van der Waals surface area contributed by atoms with Gasteiger partial charge in [-0.05, 0) is 37.6 Å². The van der Waals surface area contributed by atoms with E-state index >= 15 is 0 Å². The number of hydrogen-bond donors (Lipinski definition) is 2. The van der Waals surface area contributed by atoms with Crippen LogP contribution in [-0.4, -0.2) is 35.6 Å². The number of nitrogens with zero attached hydrogens (tertiary/aromatic N) is 2. The smallest absolute Gasteiger partial charge is 0.286 e. The number of aromatic nitrogens is 2. The summed E-state index contributed by atoms with van der Waals surface area (Å²) < 4.78 is 15.5. The molecule has 0 spiro atoms. The van der Waals surface area contributed by atoms with Crippen LogP contribution in [0.3, 0.4) is 0 Å². The van der Waals surface area contributed by atoms with E-state index in [1.54, 1.807) is 32.2 Å². The van der Waals surface area contributed by atoms with E-state index in [1.165, 1.54) is 6.26 Å². The van der Waals surface area contributed by atoms with Crippen LogP contribution in [-0.2, 0) is 4.79 Å². The predicted octanol–water partition coefficient (Wildman–Crippen LogP) is 2.73. The third-order valence-electron chi connectivity index (χ3n) is 4.13. The van der Waals surface area contributed by atoms with Crippen molar-refractivity contribution in [1.29, 1.82) is 0 Å². The van der Waals surface area contributed by atoms with E-state index in [1.807, 2.05) is 18.2 Å². The van der Waals surface area contributed by atoms with Gasteiger partial charge in [0.2, 0.25) is 17.6 Å². The van der Waals surface area contributed by atoms with Gasteiger partial charge in [0.15, 0.2) is 5.76 Å². The highest BCUT2D eigenvalue weighted by molar-refractivity contribution is 5.91. The van der Waals surface area contributed by atoms with Crippen LogP contribution in [0, 0.1) is 0 Å². The van der Waals surface area contributed by atoms with E-state index in [-0.39, 0.29) is 24.0 Å².